The number of hydrogen-bond acceptors (Lipinski definition) is 2. The zero-order chi connectivity index (χ0) is 12.3. The average Bonchev–Trinajstić information content (AvgIpc) is 2.16. The van der Waals surface area contributed by atoms with Gasteiger partial charge in [0.05, 0.1) is 5.25 Å². The van der Waals surface area contributed by atoms with Crippen LogP contribution >= 0.6 is 0 Å². The van der Waals surface area contributed by atoms with Gasteiger partial charge in [0, 0.05) is 23.1 Å². The van der Waals surface area contributed by atoms with Crippen molar-refractivity contribution in [2.75, 3.05) is 12.8 Å². The maximum atomic E-state index is 11.8. The smallest absolute Gasteiger partial charge is 0.0501 e. The Morgan fingerprint density at radius 2 is 1.94 bits per heavy atom. The molecule has 4 atom stereocenters. The molecule has 0 radical (unpaired) electrons. The third-order valence-corrected chi connectivity index (χ3v) is 5.28. The molecule has 0 aromatic carbocycles. The van der Waals surface area contributed by atoms with Crippen molar-refractivity contribution in [2.45, 2.75) is 58.2 Å². The van der Waals surface area contributed by atoms with Gasteiger partial charge in [-0.3, -0.25) is 4.21 Å². The fourth-order valence-corrected chi connectivity index (χ4v) is 3.98. The summed E-state index contributed by atoms with van der Waals surface area (Å²) in [6, 6.07) is 0.467. The SMILES string of the molecule is CCNC1CCC(C(C)(C)C)CC1S(C)=O. The average molecular weight is 245 g/mol. The first-order valence-corrected chi connectivity index (χ1v) is 8.04. The van der Waals surface area contributed by atoms with Crippen LogP contribution in [0.15, 0.2) is 0 Å². The van der Waals surface area contributed by atoms with Crippen LogP contribution in [0.2, 0.25) is 0 Å². The van der Waals surface area contributed by atoms with Crippen molar-refractivity contribution in [3.8, 4) is 0 Å². The molecule has 16 heavy (non-hydrogen) atoms. The third kappa shape index (κ3) is 3.56. The molecule has 0 saturated heterocycles. The highest BCUT2D eigenvalue weighted by Crippen LogP contribution is 2.39. The molecule has 0 aromatic rings. The van der Waals surface area contributed by atoms with Gasteiger partial charge in [0.25, 0.3) is 0 Å². The molecule has 1 fully saturated rings. The van der Waals surface area contributed by atoms with Crippen molar-refractivity contribution >= 4 is 10.8 Å². The maximum Gasteiger partial charge on any atom is 0.0501 e. The molecule has 1 aliphatic carbocycles. The summed E-state index contributed by atoms with van der Waals surface area (Å²) < 4.78 is 11.8. The second-order valence-electron chi connectivity index (χ2n) is 6.08. The second-order valence-corrected chi connectivity index (χ2v) is 7.68. The van der Waals surface area contributed by atoms with E-state index < -0.39 is 10.8 Å². The van der Waals surface area contributed by atoms with Crippen LogP contribution in [0.5, 0.6) is 0 Å². The Morgan fingerprint density at radius 1 is 1.31 bits per heavy atom. The van der Waals surface area contributed by atoms with Gasteiger partial charge in [-0.05, 0) is 37.1 Å². The number of nitrogens with one attached hydrogen (secondary N) is 1. The third-order valence-electron chi connectivity index (χ3n) is 3.91. The van der Waals surface area contributed by atoms with E-state index in [1.165, 1.54) is 12.8 Å². The lowest BCUT2D eigenvalue weighted by Crippen LogP contribution is -2.47. The van der Waals surface area contributed by atoms with Crippen molar-refractivity contribution in [1.29, 1.82) is 0 Å². The summed E-state index contributed by atoms with van der Waals surface area (Å²) in [6.07, 6.45) is 5.43. The monoisotopic (exact) mass is 245 g/mol. The standard InChI is InChI=1S/C13H27NOS/c1-6-14-11-8-7-10(13(2,3)4)9-12(11)16(5)15/h10-12,14H,6-9H2,1-5H3. The minimum Gasteiger partial charge on any atom is -0.313 e. The Labute approximate surface area is 103 Å². The van der Waals surface area contributed by atoms with Crippen LogP contribution in [0.3, 0.4) is 0 Å². The summed E-state index contributed by atoms with van der Waals surface area (Å²) in [6.45, 7) is 10.0. The summed E-state index contributed by atoms with van der Waals surface area (Å²) in [5.41, 5.74) is 0.356. The first-order chi connectivity index (χ1) is 7.36. The molecule has 0 spiro atoms. The van der Waals surface area contributed by atoms with Crippen LogP contribution in [-0.2, 0) is 10.8 Å². The summed E-state index contributed by atoms with van der Waals surface area (Å²) in [7, 11) is -0.702. The Bertz CT molecular complexity index is 247. The molecule has 1 saturated carbocycles. The predicted octanol–water partition coefficient (Wildman–Crippen LogP) is 2.56. The highest BCUT2D eigenvalue weighted by atomic mass is 32.2. The van der Waals surface area contributed by atoms with Gasteiger partial charge >= 0.3 is 0 Å². The molecule has 4 unspecified atom stereocenters. The maximum absolute atomic E-state index is 11.8. The molecular formula is C13H27NOS. The van der Waals surface area contributed by atoms with Crippen LogP contribution in [-0.4, -0.2) is 28.3 Å². The molecule has 1 aliphatic rings. The first-order valence-electron chi connectivity index (χ1n) is 6.41. The molecule has 0 bridgehead atoms. The van der Waals surface area contributed by atoms with E-state index in [0.29, 0.717) is 16.7 Å². The fraction of sp³-hybridized carbons (Fsp3) is 1.00. The van der Waals surface area contributed by atoms with Gasteiger partial charge in [-0.25, -0.2) is 0 Å². The zero-order valence-corrected chi connectivity index (χ0v) is 12.2. The molecule has 0 heterocycles. The molecule has 1 rings (SSSR count). The van der Waals surface area contributed by atoms with Crippen LogP contribution in [0, 0.1) is 11.3 Å². The van der Waals surface area contributed by atoms with E-state index >= 15 is 0 Å². The molecule has 2 nitrogen and oxygen atoms in total. The Balaban J connectivity index is 2.69. The van der Waals surface area contributed by atoms with E-state index in [-0.39, 0.29) is 0 Å². The summed E-state index contributed by atoms with van der Waals surface area (Å²) in [5.74, 6) is 0.719. The molecular weight excluding hydrogens is 218 g/mol. The van der Waals surface area contributed by atoms with Crippen molar-refractivity contribution in [3.63, 3.8) is 0 Å². The Kier molecular flexibility index (Phi) is 4.99. The lowest BCUT2D eigenvalue weighted by Gasteiger charge is -2.41. The topological polar surface area (TPSA) is 29.1 Å². The first kappa shape index (κ1) is 14.2. The minimum absolute atomic E-state index is 0.345. The van der Waals surface area contributed by atoms with Gasteiger partial charge < -0.3 is 5.32 Å². The van der Waals surface area contributed by atoms with Gasteiger partial charge in [-0.1, -0.05) is 27.7 Å². The molecule has 3 heteroatoms. The zero-order valence-electron chi connectivity index (χ0n) is 11.4. The molecule has 0 aromatic heterocycles. The molecule has 96 valence electrons. The van der Waals surface area contributed by atoms with E-state index in [2.05, 4.69) is 33.0 Å². The van der Waals surface area contributed by atoms with Gasteiger partial charge in [-0.15, -0.1) is 0 Å². The van der Waals surface area contributed by atoms with Gasteiger partial charge in [0.2, 0.25) is 0 Å². The van der Waals surface area contributed by atoms with E-state index in [1.807, 2.05) is 6.26 Å². The quantitative estimate of drug-likeness (QED) is 0.828. The van der Waals surface area contributed by atoms with Crippen LogP contribution in [0.4, 0.5) is 0 Å². The van der Waals surface area contributed by atoms with E-state index in [4.69, 9.17) is 0 Å². The Morgan fingerprint density at radius 3 is 2.38 bits per heavy atom. The number of hydrogen-bond donors (Lipinski definition) is 1. The van der Waals surface area contributed by atoms with Crippen LogP contribution < -0.4 is 5.32 Å². The summed E-state index contributed by atoms with van der Waals surface area (Å²) in [5, 5.41) is 3.84. The molecule has 1 N–H and O–H groups in total. The van der Waals surface area contributed by atoms with Crippen molar-refractivity contribution in [1.82, 2.24) is 5.32 Å². The van der Waals surface area contributed by atoms with E-state index in [9.17, 15) is 4.21 Å². The summed E-state index contributed by atoms with van der Waals surface area (Å²) in [4.78, 5) is 0. The highest BCUT2D eigenvalue weighted by molar-refractivity contribution is 7.85. The largest absolute Gasteiger partial charge is 0.313 e. The highest BCUT2D eigenvalue weighted by Gasteiger charge is 2.37. The Hall–Kier alpha value is 0.110. The minimum atomic E-state index is -0.702. The van der Waals surface area contributed by atoms with Crippen molar-refractivity contribution in [2.24, 2.45) is 11.3 Å². The lowest BCUT2D eigenvalue weighted by molar-refractivity contribution is 0.164. The van der Waals surface area contributed by atoms with E-state index in [0.717, 1.165) is 18.9 Å². The molecule has 0 aliphatic heterocycles. The second kappa shape index (κ2) is 5.63. The van der Waals surface area contributed by atoms with Crippen LogP contribution in [0.1, 0.15) is 47.0 Å². The van der Waals surface area contributed by atoms with Crippen molar-refractivity contribution in [3.05, 3.63) is 0 Å². The van der Waals surface area contributed by atoms with E-state index in [1.54, 1.807) is 0 Å². The van der Waals surface area contributed by atoms with Gasteiger partial charge in [0.1, 0.15) is 0 Å². The fourth-order valence-electron chi connectivity index (χ4n) is 2.78. The van der Waals surface area contributed by atoms with Gasteiger partial charge in [-0.2, -0.15) is 0 Å². The van der Waals surface area contributed by atoms with Crippen LogP contribution in [0.25, 0.3) is 0 Å². The molecule has 0 amide bonds. The number of rotatable bonds is 3. The summed E-state index contributed by atoms with van der Waals surface area (Å²) >= 11 is 0. The lowest BCUT2D eigenvalue weighted by atomic mass is 9.71. The predicted molar refractivity (Wildman–Crippen MR) is 72.1 cm³/mol. The van der Waals surface area contributed by atoms with Crippen molar-refractivity contribution < 1.29 is 4.21 Å². The normalized spacial score (nSPS) is 33.7. The van der Waals surface area contributed by atoms with Gasteiger partial charge in [0.15, 0.2) is 0 Å².